The van der Waals surface area contributed by atoms with Crippen LogP contribution >= 0.6 is 24.0 Å². The van der Waals surface area contributed by atoms with E-state index in [-0.39, 0.29) is 29.7 Å². The van der Waals surface area contributed by atoms with Crippen molar-refractivity contribution in [2.24, 2.45) is 4.99 Å². The van der Waals surface area contributed by atoms with Crippen LogP contribution in [0.1, 0.15) is 29.8 Å². The van der Waals surface area contributed by atoms with Crippen molar-refractivity contribution in [1.29, 1.82) is 0 Å². The predicted octanol–water partition coefficient (Wildman–Crippen LogP) is 5.10. The standard InChI is InChI=1S/C22H25FN4O2.HI/c1-4-24-22(26-14-21-27-15(2)16(3)28-21)25-13-17-9-5-7-11-19(17)29-20-12-8-6-10-18(20)23;/h5-12H,4,13-14H2,1-3H3,(H2,24,25,26);1H. The molecule has 0 aliphatic rings. The second-order valence-electron chi connectivity index (χ2n) is 6.44. The Hall–Kier alpha value is -2.62. The molecule has 30 heavy (non-hydrogen) atoms. The highest BCUT2D eigenvalue weighted by molar-refractivity contribution is 14.0. The van der Waals surface area contributed by atoms with Gasteiger partial charge in [-0.25, -0.2) is 14.4 Å². The normalized spacial score (nSPS) is 11.0. The molecule has 3 rings (SSSR count). The number of aliphatic imine (C=N–C) groups is 1. The van der Waals surface area contributed by atoms with Gasteiger partial charge in [0.15, 0.2) is 17.5 Å². The Kier molecular flexibility index (Phi) is 9.10. The van der Waals surface area contributed by atoms with Gasteiger partial charge >= 0.3 is 0 Å². The molecule has 160 valence electrons. The van der Waals surface area contributed by atoms with Crippen LogP contribution in [0.2, 0.25) is 0 Å². The van der Waals surface area contributed by atoms with Crippen molar-refractivity contribution in [3.63, 3.8) is 0 Å². The van der Waals surface area contributed by atoms with Gasteiger partial charge in [0.05, 0.1) is 18.8 Å². The van der Waals surface area contributed by atoms with Crippen LogP contribution in [0.3, 0.4) is 0 Å². The zero-order valence-corrected chi connectivity index (χ0v) is 19.6. The summed E-state index contributed by atoms with van der Waals surface area (Å²) >= 11 is 0. The van der Waals surface area contributed by atoms with Gasteiger partial charge in [0.2, 0.25) is 5.89 Å². The van der Waals surface area contributed by atoms with Crippen molar-refractivity contribution in [3.05, 3.63) is 77.3 Å². The Morgan fingerprint density at radius 1 is 1.07 bits per heavy atom. The van der Waals surface area contributed by atoms with Gasteiger partial charge in [-0.2, -0.15) is 0 Å². The number of guanidine groups is 1. The van der Waals surface area contributed by atoms with Crippen LogP contribution < -0.4 is 15.4 Å². The smallest absolute Gasteiger partial charge is 0.214 e. The fourth-order valence-corrected chi connectivity index (χ4v) is 2.66. The lowest BCUT2D eigenvalue weighted by atomic mass is 10.2. The van der Waals surface area contributed by atoms with E-state index in [2.05, 4.69) is 20.6 Å². The summed E-state index contributed by atoms with van der Waals surface area (Å²) in [6, 6.07) is 13.8. The van der Waals surface area contributed by atoms with Crippen molar-refractivity contribution in [1.82, 2.24) is 15.6 Å². The third kappa shape index (κ3) is 6.45. The minimum absolute atomic E-state index is 0. The molecule has 0 spiro atoms. The third-order valence-electron chi connectivity index (χ3n) is 4.26. The lowest BCUT2D eigenvalue weighted by Gasteiger charge is -2.12. The molecule has 6 nitrogen and oxygen atoms in total. The molecule has 2 N–H and O–H groups in total. The number of nitrogens with one attached hydrogen (secondary N) is 2. The summed E-state index contributed by atoms with van der Waals surface area (Å²) < 4.78 is 25.3. The van der Waals surface area contributed by atoms with Gasteiger partial charge in [0.1, 0.15) is 11.5 Å². The number of para-hydroxylation sites is 2. The number of hydrogen-bond acceptors (Lipinski definition) is 4. The van der Waals surface area contributed by atoms with E-state index in [0.29, 0.717) is 37.2 Å². The first-order chi connectivity index (χ1) is 14.1. The van der Waals surface area contributed by atoms with E-state index < -0.39 is 5.82 Å². The average molecular weight is 524 g/mol. The molecule has 0 fully saturated rings. The van der Waals surface area contributed by atoms with Crippen LogP contribution in [-0.4, -0.2) is 17.5 Å². The average Bonchev–Trinajstić information content (AvgIpc) is 3.04. The molecular formula is C22H26FIN4O2. The molecular weight excluding hydrogens is 498 g/mol. The van der Waals surface area contributed by atoms with Crippen LogP contribution in [0.4, 0.5) is 4.39 Å². The summed E-state index contributed by atoms with van der Waals surface area (Å²) in [5.74, 6) is 2.38. The number of hydrogen-bond donors (Lipinski definition) is 2. The summed E-state index contributed by atoms with van der Waals surface area (Å²) in [6.45, 7) is 7.29. The lowest BCUT2D eigenvalue weighted by molar-refractivity contribution is 0.438. The van der Waals surface area contributed by atoms with E-state index in [0.717, 1.165) is 17.0 Å². The topological polar surface area (TPSA) is 71.7 Å². The molecule has 0 saturated carbocycles. The van der Waals surface area contributed by atoms with E-state index in [1.165, 1.54) is 6.07 Å². The maximum atomic E-state index is 13.9. The highest BCUT2D eigenvalue weighted by atomic mass is 127. The molecule has 0 unspecified atom stereocenters. The minimum atomic E-state index is -0.405. The Bertz CT molecular complexity index is 971. The van der Waals surface area contributed by atoms with Gasteiger partial charge in [-0.3, -0.25) is 0 Å². The molecule has 1 heterocycles. The van der Waals surface area contributed by atoms with Gasteiger partial charge in [-0.1, -0.05) is 30.3 Å². The molecule has 0 saturated heterocycles. The molecule has 0 radical (unpaired) electrons. The monoisotopic (exact) mass is 524 g/mol. The van der Waals surface area contributed by atoms with Gasteiger partial charge in [-0.05, 0) is 39.0 Å². The number of ether oxygens (including phenoxy) is 1. The van der Waals surface area contributed by atoms with Crippen molar-refractivity contribution in [3.8, 4) is 11.5 Å². The lowest BCUT2D eigenvalue weighted by Crippen LogP contribution is -2.36. The van der Waals surface area contributed by atoms with Crippen LogP contribution in [0.5, 0.6) is 11.5 Å². The van der Waals surface area contributed by atoms with E-state index in [1.807, 2.05) is 39.0 Å². The molecule has 0 amide bonds. The second-order valence-corrected chi connectivity index (χ2v) is 6.44. The first-order valence-electron chi connectivity index (χ1n) is 9.52. The minimum Gasteiger partial charge on any atom is -0.454 e. The maximum absolute atomic E-state index is 13.9. The second kappa shape index (κ2) is 11.5. The first kappa shape index (κ1) is 23.7. The number of benzene rings is 2. The summed E-state index contributed by atoms with van der Waals surface area (Å²) in [4.78, 5) is 8.97. The quantitative estimate of drug-likeness (QED) is 0.256. The zero-order valence-electron chi connectivity index (χ0n) is 17.2. The van der Waals surface area contributed by atoms with Crippen molar-refractivity contribution in [2.75, 3.05) is 6.54 Å². The Morgan fingerprint density at radius 3 is 2.43 bits per heavy atom. The van der Waals surface area contributed by atoms with E-state index >= 15 is 0 Å². The third-order valence-corrected chi connectivity index (χ3v) is 4.26. The van der Waals surface area contributed by atoms with Crippen LogP contribution in [0.15, 0.2) is 57.9 Å². The molecule has 1 aromatic heterocycles. The van der Waals surface area contributed by atoms with Gasteiger partial charge in [0.25, 0.3) is 0 Å². The number of aromatic nitrogens is 1. The van der Waals surface area contributed by atoms with Crippen molar-refractivity contribution >= 4 is 29.9 Å². The van der Waals surface area contributed by atoms with Gasteiger partial charge in [0, 0.05) is 12.1 Å². The maximum Gasteiger partial charge on any atom is 0.214 e. The highest BCUT2D eigenvalue weighted by Gasteiger charge is 2.09. The zero-order chi connectivity index (χ0) is 20.6. The highest BCUT2D eigenvalue weighted by Crippen LogP contribution is 2.27. The fourth-order valence-electron chi connectivity index (χ4n) is 2.66. The summed E-state index contributed by atoms with van der Waals surface area (Å²) in [5.41, 5.74) is 1.72. The largest absolute Gasteiger partial charge is 0.454 e. The molecule has 0 aliphatic carbocycles. The number of oxazole rings is 1. The number of aryl methyl sites for hydroxylation is 2. The van der Waals surface area contributed by atoms with E-state index in [4.69, 9.17) is 9.15 Å². The molecule has 0 atom stereocenters. The van der Waals surface area contributed by atoms with Crippen LogP contribution in [0, 0.1) is 19.7 Å². The van der Waals surface area contributed by atoms with Crippen LogP contribution in [-0.2, 0) is 13.1 Å². The predicted molar refractivity (Wildman–Crippen MR) is 126 cm³/mol. The summed E-state index contributed by atoms with van der Waals surface area (Å²) in [7, 11) is 0. The molecule has 0 aliphatic heterocycles. The van der Waals surface area contributed by atoms with Gasteiger partial charge in [-0.15, -0.1) is 24.0 Å². The first-order valence-corrected chi connectivity index (χ1v) is 9.52. The van der Waals surface area contributed by atoms with E-state index in [1.54, 1.807) is 24.3 Å². The number of halogens is 2. The number of rotatable bonds is 7. The molecule has 3 aromatic rings. The van der Waals surface area contributed by atoms with E-state index in [9.17, 15) is 4.39 Å². The summed E-state index contributed by atoms with van der Waals surface area (Å²) in [6.07, 6.45) is 0. The number of nitrogens with zero attached hydrogens (tertiary/aromatic N) is 2. The Labute approximate surface area is 193 Å². The van der Waals surface area contributed by atoms with Crippen molar-refractivity contribution < 1.29 is 13.5 Å². The molecule has 8 heteroatoms. The molecule has 0 bridgehead atoms. The van der Waals surface area contributed by atoms with Gasteiger partial charge < -0.3 is 19.8 Å². The molecule has 2 aromatic carbocycles. The van der Waals surface area contributed by atoms with Crippen LogP contribution in [0.25, 0.3) is 0 Å². The SMILES string of the molecule is CCNC(=NCc1ccccc1Oc1ccccc1F)NCc1nc(C)c(C)o1.I. The summed E-state index contributed by atoms with van der Waals surface area (Å²) in [5, 5.41) is 6.40. The fraction of sp³-hybridized carbons (Fsp3) is 0.273. The Morgan fingerprint density at radius 2 is 1.77 bits per heavy atom. The Balaban J connectivity index is 0.00000320. The van der Waals surface area contributed by atoms with Crippen molar-refractivity contribution in [2.45, 2.75) is 33.9 Å².